The van der Waals surface area contributed by atoms with Crippen molar-refractivity contribution in [3.63, 3.8) is 0 Å². The molecule has 0 aliphatic carbocycles. The van der Waals surface area contributed by atoms with Gasteiger partial charge >= 0.3 is 0 Å². The van der Waals surface area contributed by atoms with Crippen LogP contribution >= 0.6 is 11.6 Å². The van der Waals surface area contributed by atoms with Crippen LogP contribution in [0.4, 0.5) is 4.39 Å². The Hall–Kier alpha value is -2.07. The first-order valence-corrected chi connectivity index (χ1v) is 16.1. The third kappa shape index (κ3) is 7.43. The van der Waals surface area contributed by atoms with E-state index in [9.17, 15) is 9.18 Å². The summed E-state index contributed by atoms with van der Waals surface area (Å²) < 4.78 is 52.6. The third-order valence-electron chi connectivity index (χ3n) is 8.04. The van der Waals surface area contributed by atoms with Gasteiger partial charge in [0.2, 0.25) is 5.79 Å². The number of hydrogen-bond acceptors (Lipinski definition) is 7. The standard InChI is InChI=1S/C34H46ClFO7/c1-5-9-16-39-30-31(40-17-10-6-2)33(22-37)23-42-34(43-33,32(30)41-18-11-7-3)26-13-14-27(35)25(21-26)19-24-12-15-29(38-8-4)28(36)20-24/h12-15,20-22,30-32H,5-11,16-19,23H2,1-4H3/t30-,31-,32+,33-,34-/m0/s1. The number of benzene rings is 2. The molecule has 7 nitrogen and oxygen atoms in total. The molecule has 2 fully saturated rings. The maximum absolute atomic E-state index is 14.7. The van der Waals surface area contributed by atoms with Crippen LogP contribution in [0.15, 0.2) is 36.4 Å². The lowest BCUT2D eigenvalue weighted by molar-refractivity contribution is -0.337. The van der Waals surface area contributed by atoms with Crippen LogP contribution in [0, 0.1) is 5.82 Å². The summed E-state index contributed by atoms with van der Waals surface area (Å²) in [6.07, 6.45) is 4.52. The highest BCUT2D eigenvalue weighted by molar-refractivity contribution is 6.31. The Morgan fingerprint density at radius 1 is 0.930 bits per heavy atom. The first-order valence-electron chi connectivity index (χ1n) is 15.7. The minimum Gasteiger partial charge on any atom is -0.491 e. The van der Waals surface area contributed by atoms with Gasteiger partial charge in [0.1, 0.15) is 18.3 Å². The largest absolute Gasteiger partial charge is 0.491 e. The van der Waals surface area contributed by atoms with Gasteiger partial charge in [-0.15, -0.1) is 0 Å². The second kappa shape index (κ2) is 15.8. The maximum Gasteiger partial charge on any atom is 0.226 e. The number of halogens is 2. The number of fused-ring (bicyclic) bond motifs is 2. The highest BCUT2D eigenvalue weighted by Gasteiger charge is 2.69. The molecule has 0 amide bonds. The topological polar surface area (TPSA) is 72.5 Å². The average Bonchev–Trinajstić information content (AvgIpc) is 3.37. The van der Waals surface area contributed by atoms with E-state index in [0.717, 1.165) is 55.9 Å². The summed E-state index contributed by atoms with van der Waals surface area (Å²) in [5, 5.41) is 0.518. The predicted molar refractivity (Wildman–Crippen MR) is 163 cm³/mol. The molecule has 9 heteroatoms. The van der Waals surface area contributed by atoms with Crippen LogP contribution in [0.1, 0.15) is 82.9 Å². The molecule has 43 heavy (non-hydrogen) atoms. The minimum atomic E-state index is -1.43. The van der Waals surface area contributed by atoms with E-state index in [0.29, 0.717) is 43.4 Å². The van der Waals surface area contributed by atoms with Crippen LogP contribution in [-0.4, -0.2) is 63.2 Å². The van der Waals surface area contributed by atoms with Crippen molar-refractivity contribution < 1.29 is 37.6 Å². The van der Waals surface area contributed by atoms with Crippen molar-refractivity contribution in [2.45, 2.75) is 102 Å². The Bertz CT molecular complexity index is 1200. The Morgan fingerprint density at radius 3 is 2.23 bits per heavy atom. The normalized spacial score (nSPS) is 26.5. The Balaban J connectivity index is 1.75. The number of ether oxygens (including phenoxy) is 6. The van der Waals surface area contributed by atoms with Crippen molar-refractivity contribution in [2.24, 2.45) is 0 Å². The van der Waals surface area contributed by atoms with Gasteiger partial charge in [-0.05, 0) is 68.0 Å². The summed E-state index contributed by atoms with van der Waals surface area (Å²) in [5.74, 6) is -1.65. The first kappa shape index (κ1) is 33.8. The molecule has 0 aromatic heterocycles. The molecule has 238 valence electrons. The molecule has 2 saturated heterocycles. The number of rotatable bonds is 18. The van der Waals surface area contributed by atoms with Gasteiger partial charge in [0.15, 0.2) is 23.5 Å². The van der Waals surface area contributed by atoms with Crippen molar-refractivity contribution in [1.29, 1.82) is 0 Å². The predicted octanol–water partition coefficient (Wildman–Crippen LogP) is 7.18. The van der Waals surface area contributed by atoms with Gasteiger partial charge in [-0.25, -0.2) is 4.39 Å². The zero-order valence-corrected chi connectivity index (χ0v) is 26.6. The first-order chi connectivity index (χ1) is 20.9. The number of carbonyl (C=O) groups excluding carboxylic acids is 1. The molecule has 0 radical (unpaired) electrons. The smallest absolute Gasteiger partial charge is 0.226 e. The zero-order valence-electron chi connectivity index (χ0n) is 25.9. The van der Waals surface area contributed by atoms with E-state index in [1.165, 1.54) is 6.07 Å². The summed E-state index contributed by atoms with van der Waals surface area (Å²) >= 11 is 6.67. The van der Waals surface area contributed by atoms with Crippen molar-refractivity contribution in [3.05, 3.63) is 63.9 Å². The van der Waals surface area contributed by atoms with Gasteiger partial charge < -0.3 is 28.4 Å². The van der Waals surface area contributed by atoms with Crippen LogP contribution in [0.25, 0.3) is 0 Å². The monoisotopic (exact) mass is 620 g/mol. The lowest BCUT2D eigenvalue weighted by atomic mass is 9.83. The Kier molecular flexibility index (Phi) is 12.4. The lowest BCUT2D eigenvalue weighted by Gasteiger charge is -2.49. The molecule has 5 atom stereocenters. The number of unbranched alkanes of at least 4 members (excludes halogenated alkanes) is 3. The van der Waals surface area contributed by atoms with Crippen LogP contribution in [0.3, 0.4) is 0 Å². The second-order valence-electron chi connectivity index (χ2n) is 11.3. The molecule has 0 N–H and O–H groups in total. The van der Waals surface area contributed by atoms with Gasteiger partial charge in [-0.1, -0.05) is 63.8 Å². The Labute approximate surface area is 260 Å². The summed E-state index contributed by atoms with van der Waals surface area (Å²) in [6, 6.07) is 10.4. The van der Waals surface area contributed by atoms with Crippen molar-refractivity contribution >= 4 is 17.9 Å². The fourth-order valence-corrected chi connectivity index (χ4v) is 5.87. The molecule has 0 spiro atoms. The lowest BCUT2D eigenvalue weighted by Crippen LogP contribution is -2.67. The van der Waals surface area contributed by atoms with Gasteiger partial charge in [0, 0.05) is 30.4 Å². The van der Waals surface area contributed by atoms with Gasteiger partial charge in [0.05, 0.1) is 13.2 Å². The third-order valence-corrected chi connectivity index (χ3v) is 8.41. The van der Waals surface area contributed by atoms with E-state index in [2.05, 4.69) is 20.8 Å². The van der Waals surface area contributed by atoms with E-state index in [-0.39, 0.29) is 12.4 Å². The molecule has 2 heterocycles. The van der Waals surface area contributed by atoms with E-state index >= 15 is 0 Å². The number of carbonyl (C=O) groups is 1. The quantitative estimate of drug-likeness (QED) is 0.129. The highest BCUT2D eigenvalue weighted by atomic mass is 35.5. The van der Waals surface area contributed by atoms with Crippen LogP contribution in [0.5, 0.6) is 5.75 Å². The van der Waals surface area contributed by atoms with Crippen LogP contribution < -0.4 is 4.74 Å². The Morgan fingerprint density at radius 2 is 1.60 bits per heavy atom. The van der Waals surface area contributed by atoms with Crippen LogP contribution in [0.2, 0.25) is 5.02 Å². The molecule has 2 aliphatic heterocycles. The fourth-order valence-electron chi connectivity index (χ4n) is 5.69. The number of aldehydes is 1. The second-order valence-corrected chi connectivity index (χ2v) is 11.7. The van der Waals surface area contributed by atoms with Gasteiger partial charge in [0.25, 0.3) is 0 Å². The van der Waals surface area contributed by atoms with E-state index in [1.807, 2.05) is 25.1 Å². The highest BCUT2D eigenvalue weighted by Crippen LogP contribution is 2.52. The maximum atomic E-state index is 14.7. The van der Waals surface area contributed by atoms with Crippen molar-refractivity contribution in [2.75, 3.05) is 33.0 Å². The average molecular weight is 621 g/mol. The van der Waals surface area contributed by atoms with E-state index < -0.39 is 35.5 Å². The molecule has 2 bridgehead atoms. The van der Waals surface area contributed by atoms with E-state index in [1.54, 1.807) is 12.1 Å². The van der Waals surface area contributed by atoms with Crippen molar-refractivity contribution in [1.82, 2.24) is 0 Å². The van der Waals surface area contributed by atoms with Crippen molar-refractivity contribution in [3.8, 4) is 5.75 Å². The summed E-state index contributed by atoms with van der Waals surface area (Å²) in [7, 11) is 0. The molecule has 0 unspecified atom stereocenters. The van der Waals surface area contributed by atoms with E-state index in [4.69, 9.17) is 40.0 Å². The van der Waals surface area contributed by atoms with Gasteiger partial charge in [-0.3, -0.25) is 4.79 Å². The SMILES string of the molecule is CCCCO[C@@H]1[C@@H](OCCCC)[C@@]2(c3ccc(Cl)c(Cc4ccc(OCC)c(F)c4)c3)OC[C@](C=O)(O2)[C@H]1OCCCC. The summed E-state index contributed by atoms with van der Waals surface area (Å²) in [4.78, 5) is 12.8. The molecule has 2 aliphatic rings. The molecule has 0 saturated carbocycles. The number of hydrogen-bond donors (Lipinski definition) is 0. The molecular formula is C34H46ClFO7. The minimum absolute atomic E-state index is 0.00334. The molecule has 4 rings (SSSR count). The summed E-state index contributed by atoms with van der Waals surface area (Å²) in [5.41, 5.74) is 0.773. The van der Waals surface area contributed by atoms with Crippen LogP contribution in [-0.2, 0) is 40.7 Å². The zero-order chi connectivity index (χ0) is 30.9. The summed E-state index contributed by atoms with van der Waals surface area (Å²) in [6.45, 7) is 9.89. The van der Waals surface area contributed by atoms with Gasteiger partial charge in [-0.2, -0.15) is 0 Å². The fraction of sp³-hybridized carbons (Fsp3) is 0.618. The molecule has 2 aromatic rings. The molecule has 2 aromatic carbocycles. The molecular weight excluding hydrogens is 575 g/mol.